The molecule has 1 aromatic heterocycles. The summed E-state index contributed by atoms with van der Waals surface area (Å²) in [6.45, 7) is 6.04. The average molecular weight is 348 g/mol. The van der Waals surface area contributed by atoms with Crippen molar-refractivity contribution in [1.82, 2.24) is 10.5 Å². The molecule has 2 unspecified atom stereocenters. The number of methoxy groups -OCH3 is 1. The van der Waals surface area contributed by atoms with Crippen LogP contribution in [0.25, 0.3) is 0 Å². The molecule has 6 heteroatoms. The van der Waals surface area contributed by atoms with E-state index in [4.69, 9.17) is 9.26 Å². The Morgan fingerprint density at radius 3 is 2.64 bits per heavy atom. The van der Waals surface area contributed by atoms with E-state index in [1.54, 1.807) is 0 Å². The van der Waals surface area contributed by atoms with Crippen LogP contribution in [0, 0.1) is 17.8 Å². The van der Waals surface area contributed by atoms with E-state index in [9.17, 15) is 9.59 Å². The standard InChI is InChI=1S/C19H28N2O4/c1-11(2)13-8-14-18(15(22)9-13)19(25-21-14)17(16(23)10-24-3)12-4-6-20-7-5-12/h11-13,17,20H,4-10H2,1-3H3. The fraction of sp³-hybridized carbons (Fsp3) is 0.737. The predicted molar refractivity (Wildman–Crippen MR) is 92.7 cm³/mol. The molecule has 2 aliphatic rings. The van der Waals surface area contributed by atoms with Crippen molar-refractivity contribution < 1.29 is 18.8 Å². The first-order valence-electron chi connectivity index (χ1n) is 9.26. The molecule has 1 fully saturated rings. The highest BCUT2D eigenvalue weighted by molar-refractivity contribution is 6.01. The van der Waals surface area contributed by atoms with Gasteiger partial charge in [0.05, 0.1) is 17.2 Å². The molecule has 0 saturated carbocycles. The maximum absolute atomic E-state index is 12.8. The molecule has 2 heterocycles. The van der Waals surface area contributed by atoms with Gasteiger partial charge in [0.25, 0.3) is 0 Å². The Balaban J connectivity index is 1.94. The molecule has 0 aromatic carbocycles. The summed E-state index contributed by atoms with van der Waals surface area (Å²) < 4.78 is 10.7. The van der Waals surface area contributed by atoms with Gasteiger partial charge in [-0.2, -0.15) is 0 Å². The van der Waals surface area contributed by atoms with Crippen molar-refractivity contribution in [3.8, 4) is 0 Å². The topological polar surface area (TPSA) is 81.4 Å². The van der Waals surface area contributed by atoms with Gasteiger partial charge in [-0.15, -0.1) is 0 Å². The third-order valence-electron chi connectivity index (χ3n) is 5.69. The maximum Gasteiger partial charge on any atom is 0.169 e. The number of nitrogens with zero attached hydrogens (tertiary/aromatic N) is 1. The fourth-order valence-electron chi connectivity index (χ4n) is 4.15. The molecule has 0 amide bonds. The summed E-state index contributed by atoms with van der Waals surface area (Å²) in [5.74, 6) is 0.982. The lowest BCUT2D eigenvalue weighted by Gasteiger charge is -2.29. The Labute approximate surface area is 148 Å². The van der Waals surface area contributed by atoms with E-state index < -0.39 is 5.92 Å². The van der Waals surface area contributed by atoms with Crippen LogP contribution in [0.2, 0.25) is 0 Å². The summed E-state index contributed by atoms with van der Waals surface area (Å²) in [6.07, 6.45) is 3.03. The summed E-state index contributed by atoms with van der Waals surface area (Å²) in [4.78, 5) is 25.6. The number of Topliss-reactive ketones (excluding diaryl/α,β-unsaturated/α-hetero) is 2. The zero-order valence-electron chi connectivity index (χ0n) is 15.3. The van der Waals surface area contributed by atoms with Crippen LogP contribution in [0.5, 0.6) is 0 Å². The van der Waals surface area contributed by atoms with E-state index in [0.29, 0.717) is 29.6 Å². The molecule has 1 saturated heterocycles. The number of fused-ring (bicyclic) bond motifs is 1. The second kappa shape index (κ2) is 7.79. The van der Waals surface area contributed by atoms with Crippen molar-refractivity contribution in [1.29, 1.82) is 0 Å². The minimum atomic E-state index is -0.433. The van der Waals surface area contributed by atoms with Crippen molar-refractivity contribution in [3.05, 3.63) is 17.0 Å². The van der Waals surface area contributed by atoms with Crippen molar-refractivity contribution in [3.63, 3.8) is 0 Å². The zero-order chi connectivity index (χ0) is 18.0. The largest absolute Gasteiger partial charge is 0.377 e. The van der Waals surface area contributed by atoms with Crippen molar-refractivity contribution in [2.45, 2.75) is 45.4 Å². The summed E-state index contributed by atoms with van der Waals surface area (Å²) >= 11 is 0. The highest BCUT2D eigenvalue weighted by Gasteiger charge is 2.40. The van der Waals surface area contributed by atoms with Gasteiger partial charge in [0.1, 0.15) is 6.61 Å². The summed E-state index contributed by atoms with van der Waals surface area (Å²) in [6, 6.07) is 0. The van der Waals surface area contributed by atoms with Gasteiger partial charge in [-0.05, 0) is 50.1 Å². The number of piperidine rings is 1. The van der Waals surface area contributed by atoms with E-state index in [1.165, 1.54) is 7.11 Å². The molecule has 0 bridgehead atoms. The third-order valence-corrected chi connectivity index (χ3v) is 5.69. The normalized spacial score (nSPS) is 22.9. The first-order valence-corrected chi connectivity index (χ1v) is 9.26. The lowest BCUT2D eigenvalue weighted by molar-refractivity contribution is -0.126. The highest BCUT2D eigenvalue weighted by atomic mass is 16.5. The number of nitrogens with one attached hydrogen (secondary N) is 1. The lowest BCUT2D eigenvalue weighted by atomic mass is 9.75. The molecule has 2 atom stereocenters. The smallest absolute Gasteiger partial charge is 0.169 e. The van der Waals surface area contributed by atoms with Crippen molar-refractivity contribution in [2.24, 2.45) is 17.8 Å². The molecular weight excluding hydrogens is 320 g/mol. The Bertz CT molecular complexity index is 631. The quantitative estimate of drug-likeness (QED) is 0.850. The molecule has 1 aliphatic carbocycles. The van der Waals surface area contributed by atoms with E-state index in [2.05, 4.69) is 24.3 Å². The number of ether oxygens (including phenoxy) is 1. The van der Waals surface area contributed by atoms with E-state index in [-0.39, 0.29) is 24.1 Å². The van der Waals surface area contributed by atoms with Crippen LogP contribution in [-0.4, -0.2) is 43.5 Å². The predicted octanol–water partition coefficient (Wildman–Crippen LogP) is 2.37. The van der Waals surface area contributed by atoms with E-state index in [0.717, 1.165) is 38.0 Å². The van der Waals surface area contributed by atoms with Gasteiger partial charge in [-0.3, -0.25) is 9.59 Å². The first kappa shape index (κ1) is 18.3. The van der Waals surface area contributed by atoms with Gasteiger partial charge in [0, 0.05) is 13.5 Å². The fourth-order valence-corrected chi connectivity index (χ4v) is 4.15. The zero-order valence-corrected chi connectivity index (χ0v) is 15.3. The number of aromatic nitrogens is 1. The van der Waals surface area contributed by atoms with Crippen molar-refractivity contribution in [2.75, 3.05) is 26.8 Å². The third kappa shape index (κ3) is 3.70. The van der Waals surface area contributed by atoms with Crippen LogP contribution in [0.1, 0.15) is 60.8 Å². The number of hydrogen-bond donors (Lipinski definition) is 1. The van der Waals surface area contributed by atoms with Crippen LogP contribution in [0.3, 0.4) is 0 Å². The lowest BCUT2D eigenvalue weighted by Crippen LogP contribution is -2.35. The number of carbonyl (C=O) groups is 2. The van der Waals surface area contributed by atoms with Gasteiger partial charge in [-0.25, -0.2) is 0 Å². The van der Waals surface area contributed by atoms with Gasteiger partial charge in [-0.1, -0.05) is 19.0 Å². The molecule has 3 rings (SSSR count). The minimum Gasteiger partial charge on any atom is -0.377 e. The Kier molecular flexibility index (Phi) is 5.69. The molecule has 138 valence electrons. The molecule has 1 aliphatic heterocycles. The molecule has 1 aromatic rings. The van der Waals surface area contributed by atoms with Gasteiger partial charge in [0.15, 0.2) is 17.3 Å². The van der Waals surface area contributed by atoms with Gasteiger partial charge >= 0.3 is 0 Å². The molecule has 0 spiro atoms. The monoisotopic (exact) mass is 348 g/mol. The van der Waals surface area contributed by atoms with Gasteiger partial charge in [0.2, 0.25) is 0 Å². The second-order valence-corrected chi connectivity index (χ2v) is 7.67. The number of ketones is 2. The van der Waals surface area contributed by atoms with Crippen LogP contribution in [-0.2, 0) is 16.0 Å². The Hall–Kier alpha value is -1.53. The SMILES string of the molecule is COCC(=O)C(c1onc2c1C(=O)CC(C(C)C)C2)C1CCNCC1. The van der Waals surface area contributed by atoms with E-state index >= 15 is 0 Å². The molecule has 1 N–H and O–H groups in total. The number of carbonyl (C=O) groups excluding carboxylic acids is 2. The summed E-state index contributed by atoms with van der Waals surface area (Å²) in [5, 5.41) is 7.51. The van der Waals surface area contributed by atoms with Crippen molar-refractivity contribution >= 4 is 11.6 Å². The Morgan fingerprint density at radius 2 is 2.00 bits per heavy atom. The summed E-state index contributed by atoms with van der Waals surface area (Å²) in [5.41, 5.74) is 1.30. The molecular formula is C19H28N2O4. The number of rotatable bonds is 6. The Morgan fingerprint density at radius 1 is 1.28 bits per heavy atom. The first-order chi connectivity index (χ1) is 12.0. The van der Waals surface area contributed by atoms with Crippen LogP contribution in [0.4, 0.5) is 0 Å². The average Bonchev–Trinajstić information content (AvgIpc) is 3.00. The van der Waals surface area contributed by atoms with E-state index in [1.807, 2.05) is 0 Å². The molecule has 6 nitrogen and oxygen atoms in total. The summed E-state index contributed by atoms with van der Waals surface area (Å²) in [7, 11) is 1.52. The highest BCUT2D eigenvalue weighted by Crippen LogP contribution is 2.39. The minimum absolute atomic E-state index is 0.0212. The molecule has 25 heavy (non-hydrogen) atoms. The van der Waals surface area contributed by atoms with Crippen LogP contribution < -0.4 is 5.32 Å². The second-order valence-electron chi connectivity index (χ2n) is 7.67. The van der Waals surface area contributed by atoms with Crippen LogP contribution in [0.15, 0.2) is 4.52 Å². The van der Waals surface area contributed by atoms with Gasteiger partial charge < -0.3 is 14.6 Å². The van der Waals surface area contributed by atoms with Crippen LogP contribution >= 0.6 is 0 Å². The maximum atomic E-state index is 12.8. The molecule has 0 radical (unpaired) electrons. The number of hydrogen-bond acceptors (Lipinski definition) is 6.